The van der Waals surface area contributed by atoms with Gasteiger partial charge in [0.2, 0.25) is 0 Å². The Morgan fingerprint density at radius 1 is 1.11 bits per heavy atom. The van der Waals surface area contributed by atoms with Gasteiger partial charge in [-0.1, -0.05) is 42.5 Å². The number of piperidine rings is 1. The van der Waals surface area contributed by atoms with Gasteiger partial charge in [0.05, 0.1) is 6.04 Å². The second kappa shape index (κ2) is 5.81. The summed E-state index contributed by atoms with van der Waals surface area (Å²) in [5.41, 5.74) is 3.98. The molecule has 1 N–H and O–H groups in total. The van der Waals surface area contributed by atoms with Crippen molar-refractivity contribution in [2.45, 2.75) is 18.9 Å². The molecule has 1 atom stereocenters. The lowest BCUT2D eigenvalue weighted by atomic mass is 9.91. The van der Waals surface area contributed by atoms with E-state index in [0.29, 0.717) is 6.04 Å². The molecule has 19 heavy (non-hydrogen) atoms. The molecule has 1 aliphatic rings. The smallest absolute Gasteiger partial charge is 0.0554 e. The SMILES string of the molecule is C(=C1\CCCNC1c1cccnc1)/c1ccccc1. The predicted octanol–water partition coefficient (Wildman–Crippen LogP) is 3.59. The lowest BCUT2D eigenvalue weighted by Crippen LogP contribution is -2.28. The third-order valence-corrected chi connectivity index (χ3v) is 3.53. The number of benzene rings is 1. The van der Waals surface area contributed by atoms with E-state index >= 15 is 0 Å². The Bertz CT molecular complexity index is 546. The minimum absolute atomic E-state index is 0.308. The zero-order valence-electron chi connectivity index (χ0n) is 10.9. The van der Waals surface area contributed by atoms with Gasteiger partial charge < -0.3 is 5.32 Å². The van der Waals surface area contributed by atoms with E-state index in [0.717, 1.165) is 13.0 Å². The molecule has 2 nitrogen and oxygen atoms in total. The van der Waals surface area contributed by atoms with E-state index in [-0.39, 0.29) is 0 Å². The van der Waals surface area contributed by atoms with E-state index in [1.165, 1.54) is 23.1 Å². The van der Waals surface area contributed by atoms with Gasteiger partial charge in [0.1, 0.15) is 0 Å². The molecule has 3 rings (SSSR count). The van der Waals surface area contributed by atoms with Crippen molar-refractivity contribution in [1.29, 1.82) is 0 Å². The van der Waals surface area contributed by atoms with Crippen molar-refractivity contribution in [2.75, 3.05) is 6.54 Å². The molecule has 96 valence electrons. The predicted molar refractivity (Wildman–Crippen MR) is 78.6 cm³/mol. The molecule has 2 aromatic rings. The van der Waals surface area contributed by atoms with Crippen LogP contribution in [0, 0.1) is 0 Å². The fourth-order valence-electron chi connectivity index (χ4n) is 2.61. The van der Waals surface area contributed by atoms with Crippen LogP contribution in [0.5, 0.6) is 0 Å². The van der Waals surface area contributed by atoms with Crippen LogP contribution < -0.4 is 5.32 Å². The first-order chi connectivity index (χ1) is 9.43. The van der Waals surface area contributed by atoms with E-state index in [2.05, 4.69) is 52.8 Å². The number of pyridine rings is 1. The highest BCUT2D eigenvalue weighted by molar-refractivity contribution is 5.55. The number of hydrogen-bond donors (Lipinski definition) is 1. The summed E-state index contributed by atoms with van der Waals surface area (Å²) >= 11 is 0. The fourth-order valence-corrected chi connectivity index (χ4v) is 2.61. The summed E-state index contributed by atoms with van der Waals surface area (Å²) in [4.78, 5) is 4.23. The molecule has 0 bridgehead atoms. The summed E-state index contributed by atoms with van der Waals surface area (Å²) in [5.74, 6) is 0. The molecule has 1 aromatic heterocycles. The van der Waals surface area contributed by atoms with Crippen molar-refractivity contribution >= 4 is 6.08 Å². The number of aromatic nitrogens is 1. The highest BCUT2D eigenvalue weighted by Gasteiger charge is 2.19. The quantitative estimate of drug-likeness (QED) is 0.881. The average Bonchev–Trinajstić information content (AvgIpc) is 2.50. The lowest BCUT2D eigenvalue weighted by molar-refractivity contribution is 0.508. The molecule has 2 heterocycles. The molecule has 1 saturated heterocycles. The van der Waals surface area contributed by atoms with E-state index in [1.54, 1.807) is 0 Å². The van der Waals surface area contributed by atoms with Crippen LogP contribution in [-0.2, 0) is 0 Å². The second-order valence-corrected chi connectivity index (χ2v) is 4.91. The Labute approximate surface area is 114 Å². The summed E-state index contributed by atoms with van der Waals surface area (Å²) < 4.78 is 0. The first-order valence-electron chi connectivity index (χ1n) is 6.82. The molecule has 2 heteroatoms. The molecule has 1 unspecified atom stereocenters. The Morgan fingerprint density at radius 3 is 2.79 bits per heavy atom. The van der Waals surface area contributed by atoms with Crippen LogP contribution in [0.3, 0.4) is 0 Å². The molecule has 1 aromatic carbocycles. The van der Waals surface area contributed by atoms with Gasteiger partial charge in [-0.2, -0.15) is 0 Å². The van der Waals surface area contributed by atoms with Crippen molar-refractivity contribution in [3.05, 3.63) is 71.6 Å². The van der Waals surface area contributed by atoms with E-state index in [4.69, 9.17) is 0 Å². The Morgan fingerprint density at radius 2 is 2.00 bits per heavy atom. The number of hydrogen-bond acceptors (Lipinski definition) is 2. The van der Waals surface area contributed by atoms with Gasteiger partial charge >= 0.3 is 0 Å². The standard InChI is InChI=1S/C17H18N2/c1-2-6-14(7-3-1)12-15-8-5-11-19-17(15)16-9-4-10-18-13-16/h1-4,6-7,9-10,12-13,17,19H,5,8,11H2/b15-12-. The van der Waals surface area contributed by atoms with Gasteiger partial charge in [0.25, 0.3) is 0 Å². The highest BCUT2D eigenvalue weighted by Crippen LogP contribution is 2.29. The van der Waals surface area contributed by atoms with Gasteiger partial charge in [0.15, 0.2) is 0 Å². The Hall–Kier alpha value is -1.93. The maximum Gasteiger partial charge on any atom is 0.0554 e. The van der Waals surface area contributed by atoms with Gasteiger partial charge in [-0.3, -0.25) is 4.98 Å². The average molecular weight is 250 g/mol. The van der Waals surface area contributed by atoms with E-state index in [9.17, 15) is 0 Å². The van der Waals surface area contributed by atoms with Gasteiger partial charge in [-0.05, 0) is 42.2 Å². The molecule has 0 saturated carbocycles. The van der Waals surface area contributed by atoms with Crippen molar-refractivity contribution in [1.82, 2.24) is 10.3 Å². The van der Waals surface area contributed by atoms with E-state index < -0.39 is 0 Å². The highest BCUT2D eigenvalue weighted by atomic mass is 14.9. The van der Waals surface area contributed by atoms with Crippen molar-refractivity contribution in [3.63, 3.8) is 0 Å². The van der Waals surface area contributed by atoms with Crippen molar-refractivity contribution in [2.24, 2.45) is 0 Å². The van der Waals surface area contributed by atoms with E-state index in [1.807, 2.05) is 18.5 Å². The maximum atomic E-state index is 4.23. The van der Waals surface area contributed by atoms with Crippen LogP contribution in [0.15, 0.2) is 60.4 Å². The summed E-state index contributed by atoms with van der Waals surface area (Å²) in [7, 11) is 0. The molecule has 1 fully saturated rings. The first-order valence-corrected chi connectivity index (χ1v) is 6.82. The Kier molecular flexibility index (Phi) is 3.70. The molecule has 1 aliphatic heterocycles. The molecule has 0 amide bonds. The largest absolute Gasteiger partial charge is 0.306 e. The van der Waals surface area contributed by atoms with Gasteiger partial charge in [0, 0.05) is 12.4 Å². The first kappa shape index (κ1) is 12.1. The maximum absolute atomic E-state index is 4.23. The number of rotatable bonds is 2. The van der Waals surface area contributed by atoms with Crippen molar-refractivity contribution < 1.29 is 0 Å². The summed E-state index contributed by atoms with van der Waals surface area (Å²) in [6.07, 6.45) is 8.45. The third kappa shape index (κ3) is 2.91. The minimum atomic E-state index is 0.308. The summed E-state index contributed by atoms with van der Waals surface area (Å²) in [6.45, 7) is 1.08. The Balaban J connectivity index is 1.92. The zero-order chi connectivity index (χ0) is 12.9. The number of nitrogens with zero attached hydrogens (tertiary/aromatic N) is 1. The lowest BCUT2D eigenvalue weighted by Gasteiger charge is -2.27. The van der Waals surface area contributed by atoms with Crippen LogP contribution in [0.2, 0.25) is 0 Å². The van der Waals surface area contributed by atoms with Crippen molar-refractivity contribution in [3.8, 4) is 0 Å². The molecule has 0 spiro atoms. The minimum Gasteiger partial charge on any atom is -0.306 e. The summed E-state index contributed by atoms with van der Waals surface area (Å²) in [6, 6.07) is 15.0. The molecule has 0 radical (unpaired) electrons. The van der Waals surface area contributed by atoms with Crippen LogP contribution >= 0.6 is 0 Å². The topological polar surface area (TPSA) is 24.9 Å². The fraction of sp³-hybridized carbons (Fsp3) is 0.235. The van der Waals surface area contributed by atoms with Crippen LogP contribution in [0.4, 0.5) is 0 Å². The zero-order valence-corrected chi connectivity index (χ0v) is 10.9. The normalized spacial score (nSPS) is 21.5. The molecule has 0 aliphatic carbocycles. The molecular formula is C17H18N2. The monoisotopic (exact) mass is 250 g/mol. The van der Waals surface area contributed by atoms with Crippen LogP contribution in [0.1, 0.15) is 30.0 Å². The number of nitrogens with one attached hydrogen (secondary N) is 1. The second-order valence-electron chi connectivity index (χ2n) is 4.91. The molecular weight excluding hydrogens is 232 g/mol. The van der Waals surface area contributed by atoms with Gasteiger partial charge in [-0.15, -0.1) is 0 Å². The summed E-state index contributed by atoms with van der Waals surface area (Å²) in [5, 5.41) is 3.60. The van der Waals surface area contributed by atoms with Crippen LogP contribution in [-0.4, -0.2) is 11.5 Å². The van der Waals surface area contributed by atoms with Crippen LogP contribution in [0.25, 0.3) is 6.08 Å². The van der Waals surface area contributed by atoms with Gasteiger partial charge in [-0.25, -0.2) is 0 Å². The third-order valence-electron chi connectivity index (χ3n) is 3.53.